The van der Waals surface area contributed by atoms with E-state index in [0.717, 1.165) is 24.5 Å². The quantitative estimate of drug-likeness (QED) is 0.755. The highest BCUT2D eigenvalue weighted by Crippen LogP contribution is 2.14. The fourth-order valence-corrected chi connectivity index (χ4v) is 1.45. The summed E-state index contributed by atoms with van der Waals surface area (Å²) in [5.41, 5.74) is 7.69. The SMILES string of the molecule is CCC(N)(CC)CNc1nncs1. The molecule has 0 saturated heterocycles. The molecule has 0 aliphatic carbocycles. The van der Waals surface area contributed by atoms with Crippen LogP contribution in [-0.4, -0.2) is 22.3 Å². The van der Waals surface area contributed by atoms with Gasteiger partial charge in [-0.3, -0.25) is 0 Å². The topological polar surface area (TPSA) is 63.8 Å². The first-order chi connectivity index (χ1) is 6.20. The molecule has 0 saturated carbocycles. The molecule has 0 unspecified atom stereocenters. The lowest BCUT2D eigenvalue weighted by Gasteiger charge is -2.26. The van der Waals surface area contributed by atoms with Gasteiger partial charge in [0.25, 0.3) is 0 Å². The molecule has 4 nitrogen and oxygen atoms in total. The van der Waals surface area contributed by atoms with Gasteiger partial charge in [0.15, 0.2) is 0 Å². The van der Waals surface area contributed by atoms with E-state index in [1.54, 1.807) is 5.51 Å². The van der Waals surface area contributed by atoms with Gasteiger partial charge in [-0.15, -0.1) is 10.2 Å². The number of anilines is 1. The summed E-state index contributed by atoms with van der Waals surface area (Å²) < 4.78 is 0. The molecule has 0 aliphatic rings. The molecule has 1 aromatic rings. The third-order valence-electron chi connectivity index (χ3n) is 2.36. The van der Waals surface area contributed by atoms with Gasteiger partial charge in [0.1, 0.15) is 5.51 Å². The average Bonchev–Trinajstić information content (AvgIpc) is 2.67. The van der Waals surface area contributed by atoms with Crippen molar-refractivity contribution in [3.8, 4) is 0 Å². The minimum atomic E-state index is -0.119. The van der Waals surface area contributed by atoms with Crippen molar-refractivity contribution in [2.24, 2.45) is 5.73 Å². The summed E-state index contributed by atoms with van der Waals surface area (Å²) in [5, 5.41) is 11.7. The molecule has 0 radical (unpaired) electrons. The Morgan fingerprint density at radius 3 is 2.69 bits per heavy atom. The van der Waals surface area contributed by atoms with Crippen molar-refractivity contribution in [1.29, 1.82) is 0 Å². The maximum Gasteiger partial charge on any atom is 0.205 e. The van der Waals surface area contributed by atoms with Crippen molar-refractivity contribution >= 4 is 16.5 Å². The number of nitrogens with zero attached hydrogens (tertiary/aromatic N) is 2. The van der Waals surface area contributed by atoms with Crippen molar-refractivity contribution < 1.29 is 0 Å². The molecule has 0 aromatic carbocycles. The second-order valence-electron chi connectivity index (χ2n) is 3.17. The Morgan fingerprint density at radius 1 is 1.54 bits per heavy atom. The third kappa shape index (κ3) is 2.93. The normalized spacial score (nSPS) is 11.6. The molecule has 0 spiro atoms. The maximum absolute atomic E-state index is 6.11. The van der Waals surface area contributed by atoms with E-state index in [0.29, 0.717) is 0 Å². The maximum atomic E-state index is 6.11. The van der Waals surface area contributed by atoms with Crippen LogP contribution < -0.4 is 11.1 Å². The van der Waals surface area contributed by atoms with Crippen LogP contribution in [0.3, 0.4) is 0 Å². The molecule has 0 aliphatic heterocycles. The summed E-state index contributed by atoms with van der Waals surface area (Å²) in [7, 11) is 0. The van der Waals surface area contributed by atoms with E-state index in [9.17, 15) is 0 Å². The molecule has 3 N–H and O–H groups in total. The van der Waals surface area contributed by atoms with E-state index < -0.39 is 0 Å². The smallest absolute Gasteiger partial charge is 0.205 e. The second-order valence-corrected chi connectivity index (χ2v) is 4.00. The molecule has 1 rings (SSSR count). The average molecular weight is 200 g/mol. The zero-order chi connectivity index (χ0) is 9.73. The Bertz CT molecular complexity index is 230. The van der Waals surface area contributed by atoms with Gasteiger partial charge in [0, 0.05) is 12.1 Å². The molecular formula is C8H16N4S. The molecule has 0 fully saturated rings. The number of nitrogens with one attached hydrogen (secondary N) is 1. The Hall–Kier alpha value is -0.680. The van der Waals surface area contributed by atoms with E-state index in [1.807, 2.05) is 0 Å². The third-order valence-corrected chi connectivity index (χ3v) is 3.01. The van der Waals surface area contributed by atoms with Crippen molar-refractivity contribution in [2.75, 3.05) is 11.9 Å². The molecule has 0 amide bonds. The Labute approximate surface area is 82.6 Å². The van der Waals surface area contributed by atoms with Crippen LogP contribution in [-0.2, 0) is 0 Å². The Kier molecular flexibility index (Phi) is 3.62. The fourth-order valence-electron chi connectivity index (χ4n) is 1.00. The highest BCUT2D eigenvalue weighted by molar-refractivity contribution is 7.13. The number of hydrogen-bond donors (Lipinski definition) is 2. The van der Waals surface area contributed by atoms with Crippen LogP contribution in [0.15, 0.2) is 5.51 Å². The largest absolute Gasteiger partial charge is 0.358 e. The Morgan fingerprint density at radius 2 is 2.23 bits per heavy atom. The number of aromatic nitrogens is 2. The van der Waals surface area contributed by atoms with Crippen LogP contribution in [0.25, 0.3) is 0 Å². The van der Waals surface area contributed by atoms with E-state index in [2.05, 4.69) is 29.4 Å². The van der Waals surface area contributed by atoms with Crippen molar-refractivity contribution in [1.82, 2.24) is 10.2 Å². The van der Waals surface area contributed by atoms with Crippen LogP contribution >= 0.6 is 11.3 Å². The molecular weight excluding hydrogens is 184 g/mol. The van der Waals surface area contributed by atoms with E-state index in [-0.39, 0.29) is 5.54 Å². The van der Waals surface area contributed by atoms with Gasteiger partial charge in [0.05, 0.1) is 0 Å². The van der Waals surface area contributed by atoms with E-state index >= 15 is 0 Å². The van der Waals surface area contributed by atoms with Crippen molar-refractivity contribution in [3.63, 3.8) is 0 Å². The monoisotopic (exact) mass is 200 g/mol. The van der Waals surface area contributed by atoms with E-state index in [1.165, 1.54) is 11.3 Å². The summed E-state index contributed by atoms with van der Waals surface area (Å²) in [6.45, 7) is 4.96. The van der Waals surface area contributed by atoms with Gasteiger partial charge in [-0.05, 0) is 12.8 Å². The van der Waals surface area contributed by atoms with Gasteiger partial charge in [-0.25, -0.2) is 0 Å². The van der Waals surface area contributed by atoms with Gasteiger partial charge in [-0.2, -0.15) is 0 Å². The first-order valence-electron chi connectivity index (χ1n) is 4.49. The lowest BCUT2D eigenvalue weighted by molar-refractivity contribution is 0.418. The van der Waals surface area contributed by atoms with Crippen LogP contribution in [0, 0.1) is 0 Å². The molecule has 0 atom stereocenters. The summed E-state index contributed by atoms with van der Waals surface area (Å²) in [6.07, 6.45) is 1.94. The van der Waals surface area contributed by atoms with Gasteiger partial charge >= 0.3 is 0 Å². The molecule has 74 valence electrons. The minimum absolute atomic E-state index is 0.119. The Balaban J connectivity index is 2.41. The lowest BCUT2D eigenvalue weighted by atomic mass is 9.94. The van der Waals surface area contributed by atoms with Gasteiger partial charge in [-0.1, -0.05) is 25.2 Å². The zero-order valence-corrected chi connectivity index (χ0v) is 8.90. The number of rotatable bonds is 5. The van der Waals surface area contributed by atoms with E-state index in [4.69, 9.17) is 5.73 Å². The summed E-state index contributed by atoms with van der Waals surface area (Å²) in [5.74, 6) is 0. The predicted molar refractivity (Wildman–Crippen MR) is 55.9 cm³/mol. The first kappa shape index (κ1) is 10.4. The predicted octanol–water partition coefficient (Wildman–Crippen LogP) is 1.47. The first-order valence-corrected chi connectivity index (χ1v) is 5.37. The molecule has 1 heterocycles. The molecule has 5 heteroatoms. The number of nitrogens with two attached hydrogens (primary N) is 1. The second kappa shape index (κ2) is 4.53. The van der Waals surface area contributed by atoms with Crippen LogP contribution in [0.5, 0.6) is 0 Å². The summed E-state index contributed by atoms with van der Waals surface area (Å²) in [4.78, 5) is 0. The standard InChI is InChI=1S/C8H16N4S/c1-3-8(9,4-2)5-10-7-12-11-6-13-7/h6H,3-5,9H2,1-2H3,(H,10,12). The fraction of sp³-hybridized carbons (Fsp3) is 0.750. The highest BCUT2D eigenvalue weighted by atomic mass is 32.1. The van der Waals surface area contributed by atoms with Crippen LogP contribution in [0.4, 0.5) is 5.13 Å². The van der Waals surface area contributed by atoms with Gasteiger partial charge in [0.2, 0.25) is 5.13 Å². The summed E-state index contributed by atoms with van der Waals surface area (Å²) >= 11 is 1.50. The van der Waals surface area contributed by atoms with Crippen molar-refractivity contribution in [2.45, 2.75) is 32.2 Å². The summed E-state index contributed by atoms with van der Waals surface area (Å²) in [6, 6.07) is 0. The minimum Gasteiger partial charge on any atom is -0.358 e. The lowest BCUT2D eigenvalue weighted by Crippen LogP contribution is -2.45. The zero-order valence-electron chi connectivity index (χ0n) is 8.08. The molecule has 0 bridgehead atoms. The highest BCUT2D eigenvalue weighted by Gasteiger charge is 2.19. The van der Waals surface area contributed by atoms with Crippen LogP contribution in [0.1, 0.15) is 26.7 Å². The number of hydrogen-bond acceptors (Lipinski definition) is 5. The van der Waals surface area contributed by atoms with Crippen LogP contribution in [0.2, 0.25) is 0 Å². The molecule has 13 heavy (non-hydrogen) atoms. The molecule has 1 aromatic heterocycles. The van der Waals surface area contributed by atoms with Crippen molar-refractivity contribution in [3.05, 3.63) is 5.51 Å². The van der Waals surface area contributed by atoms with Gasteiger partial charge < -0.3 is 11.1 Å².